The lowest BCUT2D eigenvalue weighted by atomic mass is 10.2. The Bertz CT molecular complexity index is 1240. The summed E-state index contributed by atoms with van der Waals surface area (Å²) in [5, 5.41) is 10.6. The first-order valence-corrected chi connectivity index (χ1v) is 14.0. The van der Waals surface area contributed by atoms with Crippen molar-refractivity contribution >= 4 is 27.7 Å². The molecule has 0 radical (unpaired) electrons. The average Bonchev–Trinajstić information content (AvgIpc) is 3.18. The van der Waals surface area contributed by atoms with Crippen molar-refractivity contribution < 1.29 is 17.9 Å². The molecule has 1 aromatic heterocycles. The van der Waals surface area contributed by atoms with Gasteiger partial charge in [-0.25, -0.2) is 13.4 Å². The Kier molecular flexibility index (Phi) is 8.42. The highest BCUT2D eigenvalue weighted by Crippen LogP contribution is 2.29. The molecule has 2 N–H and O–H groups in total. The van der Waals surface area contributed by atoms with Crippen molar-refractivity contribution in [1.29, 1.82) is 0 Å². The highest BCUT2D eigenvalue weighted by molar-refractivity contribution is 7.99. The van der Waals surface area contributed by atoms with Crippen LogP contribution >= 0.6 is 11.8 Å². The van der Waals surface area contributed by atoms with E-state index in [9.17, 15) is 13.2 Å². The third-order valence-electron chi connectivity index (χ3n) is 5.74. The molecule has 186 valence electrons. The fourth-order valence-electron chi connectivity index (χ4n) is 3.89. The van der Waals surface area contributed by atoms with Crippen LogP contribution in [0, 0.1) is 0 Å². The maximum atomic E-state index is 13.3. The molecule has 1 amide bonds. The van der Waals surface area contributed by atoms with E-state index in [1.165, 1.54) is 35.3 Å². The molecule has 0 unspecified atom stereocenters. The number of thioether (sulfide) groups is 1. The van der Waals surface area contributed by atoms with Gasteiger partial charge in [-0.15, -0.1) is 5.10 Å². The number of hydrogen-bond donors (Lipinski definition) is 2. The average molecular weight is 516 g/mol. The molecule has 3 aromatic rings. The van der Waals surface area contributed by atoms with Crippen LogP contribution in [-0.4, -0.2) is 66.3 Å². The zero-order chi connectivity index (χ0) is 24.7. The second kappa shape index (κ2) is 11.7. The maximum Gasteiger partial charge on any atom is 0.251 e. The molecule has 0 atom stereocenters. The van der Waals surface area contributed by atoms with Gasteiger partial charge in [0.15, 0.2) is 5.82 Å². The zero-order valence-corrected chi connectivity index (χ0v) is 21.2. The Hall–Kier alpha value is -2.89. The number of benzene rings is 2. The van der Waals surface area contributed by atoms with Crippen LogP contribution in [-0.2, 0) is 10.0 Å². The Labute approximate surface area is 209 Å². The SMILES string of the molecule is COc1ccc(C(=O)NCCSc2n[nH]c(-c3ccccc3)n2)cc1S(=O)(=O)N1CCCCCC1. The molecular weight excluding hydrogens is 486 g/mol. The van der Waals surface area contributed by atoms with E-state index in [0.717, 1.165) is 31.2 Å². The lowest BCUT2D eigenvalue weighted by Gasteiger charge is -2.21. The first kappa shape index (κ1) is 25.2. The zero-order valence-electron chi connectivity index (χ0n) is 19.6. The number of rotatable bonds is 9. The van der Waals surface area contributed by atoms with Crippen molar-refractivity contribution in [2.24, 2.45) is 0 Å². The van der Waals surface area contributed by atoms with Crippen molar-refractivity contribution in [3.8, 4) is 17.1 Å². The van der Waals surface area contributed by atoms with Gasteiger partial charge in [0.25, 0.3) is 5.91 Å². The summed E-state index contributed by atoms with van der Waals surface area (Å²) in [7, 11) is -2.33. The highest BCUT2D eigenvalue weighted by Gasteiger charge is 2.29. The van der Waals surface area contributed by atoms with E-state index in [2.05, 4.69) is 20.5 Å². The highest BCUT2D eigenvalue weighted by atomic mass is 32.2. The monoisotopic (exact) mass is 515 g/mol. The third kappa shape index (κ3) is 6.22. The molecule has 9 nitrogen and oxygen atoms in total. The van der Waals surface area contributed by atoms with E-state index in [-0.39, 0.29) is 22.1 Å². The molecule has 2 aromatic carbocycles. The van der Waals surface area contributed by atoms with E-state index in [1.807, 2.05) is 30.3 Å². The third-order valence-corrected chi connectivity index (χ3v) is 8.51. The molecule has 4 rings (SSSR count). The molecule has 0 saturated carbocycles. The van der Waals surface area contributed by atoms with Crippen LogP contribution < -0.4 is 10.1 Å². The molecule has 1 fully saturated rings. The first-order valence-electron chi connectivity index (χ1n) is 11.6. The summed E-state index contributed by atoms with van der Waals surface area (Å²) >= 11 is 1.42. The van der Waals surface area contributed by atoms with Crippen LogP contribution in [0.2, 0.25) is 0 Å². The number of carbonyl (C=O) groups is 1. The van der Waals surface area contributed by atoms with Gasteiger partial charge in [0.1, 0.15) is 10.6 Å². The maximum absolute atomic E-state index is 13.3. The summed E-state index contributed by atoms with van der Waals surface area (Å²) < 4.78 is 33.4. The number of amides is 1. The molecule has 2 heterocycles. The molecule has 0 bridgehead atoms. The minimum absolute atomic E-state index is 0.0260. The fraction of sp³-hybridized carbons (Fsp3) is 0.375. The number of hydrogen-bond acceptors (Lipinski definition) is 7. The Morgan fingerprint density at radius 3 is 2.57 bits per heavy atom. The van der Waals surface area contributed by atoms with E-state index in [0.29, 0.717) is 36.4 Å². The quantitative estimate of drug-likeness (QED) is 0.330. The van der Waals surface area contributed by atoms with Crippen molar-refractivity contribution in [2.45, 2.75) is 35.7 Å². The predicted molar refractivity (Wildman–Crippen MR) is 135 cm³/mol. The number of sulfonamides is 1. The van der Waals surface area contributed by atoms with Crippen LogP contribution in [0.4, 0.5) is 0 Å². The number of aromatic nitrogens is 3. The molecule has 35 heavy (non-hydrogen) atoms. The smallest absolute Gasteiger partial charge is 0.251 e. The van der Waals surface area contributed by atoms with Crippen LogP contribution in [0.1, 0.15) is 36.0 Å². The van der Waals surface area contributed by atoms with Gasteiger partial charge < -0.3 is 10.1 Å². The van der Waals surface area contributed by atoms with Crippen molar-refractivity contribution in [3.63, 3.8) is 0 Å². The molecule has 1 aliphatic rings. The molecule has 11 heteroatoms. The van der Waals surface area contributed by atoms with E-state index in [4.69, 9.17) is 4.74 Å². The Morgan fingerprint density at radius 1 is 1.11 bits per heavy atom. The largest absolute Gasteiger partial charge is 0.495 e. The molecule has 0 spiro atoms. The van der Waals surface area contributed by atoms with Crippen molar-refractivity contribution in [3.05, 3.63) is 54.1 Å². The van der Waals surface area contributed by atoms with Gasteiger partial charge in [0.2, 0.25) is 15.2 Å². The Morgan fingerprint density at radius 2 is 1.86 bits per heavy atom. The number of methoxy groups -OCH3 is 1. The van der Waals surface area contributed by atoms with Crippen molar-refractivity contribution in [1.82, 2.24) is 24.8 Å². The molecule has 1 saturated heterocycles. The second-order valence-electron chi connectivity index (χ2n) is 8.12. The van der Waals surface area contributed by atoms with E-state index in [1.54, 1.807) is 6.07 Å². The minimum atomic E-state index is -3.76. The summed E-state index contributed by atoms with van der Waals surface area (Å²) in [5.41, 5.74) is 1.22. The van der Waals surface area contributed by atoms with E-state index >= 15 is 0 Å². The number of aromatic amines is 1. The van der Waals surface area contributed by atoms with Gasteiger partial charge in [-0.1, -0.05) is 54.9 Å². The molecule has 0 aliphatic carbocycles. The number of H-pyrrole nitrogens is 1. The molecule has 1 aliphatic heterocycles. The van der Waals surface area contributed by atoms with Gasteiger partial charge in [0, 0.05) is 36.5 Å². The van der Waals surface area contributed by atoms with Crippen LogP contribution in [0.25, 0.3) is 11.4 Å². The Balaban J connectivity index is 1.37. The topological polar surface area (TPSA) is 117 Å². The number of nitrogens with zero attached hydrogens (tertiary/aromatic N) is 3. The number of nitrogens with one attached hydrogen (secondary N) is 2. The standard InChI is InChI=1S/C24H29N5O4S2/c1-33-20-12-11-19(17-21(20)35(31,32)29-14-7-2-3-8-15-29)23(30)25-13-16-34-24-26-22(27-28-24)18-9-5-4-6-10-18/h4-6,9-12,17H,2-3,7-8,13-16H2,1H3,(H,25,30)(H,26,27,28). The lowest BCUT2D eigenvalue weighted by molar-refractivity contribution is 0.0956. The lowest BCUT2D eigenvalue weighted by Crippen LogP contribution is -2.32. The summed E-state index contributed by atoms with van der Waals surface area (Å²) in [6.07, 6.45) is 3.70. The van der Waals surface area contributed by atoms with Crippen LogP contribution in [0.5, 0.6) is 5.75 Å². The van der Waals surface area contributed by atoms with Crippen LogP contribution in [0.3, 0.4) is 0 Å². The summed E-state index contributed by atoms with van der Waals surface area (Å²) in [6, 6.07) is 14.2. The molecular formula is C24H29N5O4S2. The van der Waals surface area contributed by atoms with E-state index < -0.39 is 10.0 Å². The van der Waals surface area contributed by atoms with Crippen molar-refractivity contribution in [2.75, 3.05) is 32.5 Å². The van der Waals surface area contributed by atoms with Gasteiger partial charge in [0.05, 0.1) is 7.11 Å². The minimum Gasteiger partial charge on any atom is -0.495 e. The van der Waals surface area contributed by atoms with Gasteiger partial charge in [-0.2, -0.15) is 4.31 Å². The van der Waals surface area contributed by atoms with Crippen LogP contribution in [0.15, 0.2) is 58.6 Å². The second-order valence-corrected chi connectivity index (χ2v) is 11.1. The van der Waals surface area contributed by atoms with Gasteiger partial charge >= 0.3 is 0 Å². The fourth-order valence-corrected chi connectivity index (χ4v) is 6.24. The van der Waals surface area contributed by atoms with Gasteiger partial charge in [-0.3, -0.25) is 9.89 Å². The number of carbonyl (C=O) groups excluding carboxylic acids is 1. The summed E-state index contributed by atoms with van der Waals surface area (Å²) in [5.74, 6) is 1.14. The van der Waals surface area contributed by atoms with Gasteiger partial charge in [-0.05, 0) is 31.0 Å². The summed E-state index contributed by atoms with van der Waals surface area (Å²) in [4.78, 5) is 17.2. The first-order chi connectivity index (χ1) is 17.0. The normalized spacial score (nSPS) is 14.9. The number of ether oxygens (including phenoxy) is 1. The predicted octanol–water partition coefficient (Wildman–Crippen LogP) is 3.57. The summed E-state index contributed by atoms with van der Waals surface area (Å²) in [6.45, 7) is 1.33.